The van der Waals surface area contributed by atoms with Crippen molar-refractivity contribution in [2.45, 2.75) is 38.0 Å². The van der Waals surface area contributed by atoms with Crippen molar-refractivity contribution in [1.29, 1.82) is 0 Å². The third-order valence-electron chi connectivity index (χ3n) is 6.59. The van der Waals surface area contributed by atoms with Crippen molar-refractivity contribution in [3.63, 3.8) is 0 Å². The van der Waals surface area contributed by atoms with Crippen LogP contribution in [0.2, 0.25) is 0 Å². The van der Waals surface area contributed by atoms with E-state index in [0.29, 0.717) is 30.2 Å². The number of H-pyrrole nitrogens is 1. The number of carbonyl (C=O) groups is 2. The average molecular weight is 539 g/mol. The highest BCUT2D eigenvalue weighted by Gasteiger charge is 2.33. The van der Waals surface area contributed by atoms with Crippen LogP contribution >= 0.6 is 0 Å². The number of amides is 2. The Bertz CT molecular complexity index is 1690. The van der Waals surface area contributed by atoms with Crippen molar-refractivity contribution in [1.82, 2.24) is 14.3 Å². The molecule has 5 rings (SSSR count). The molecular formula is C27H24F2N4O4S. The largest absolute Gasteiger partial charge is 0.366 e. The number of aryl methyl sites for hydroxylation is 1. The van der Waals surface area contributed by atoms with Crippen molar-refractivity contribution in [3.05, 3.63) is 93.0 Å². The van der Waals surface area contributed by atoms with Gasteiger partial charge < -0.3 is 15.3 Å². The molecule has 196 valence electrons. The van der Waals surface area contributed by atoms with E-state index in [2.05, 4.69) is 9.71 Å². The summed E-state index contributed by atoms with van der Waals surface area (Å²) in [4.78, 5) is 40.9. The van der Waals surface area contributed by atoms with Crippen LogP contribution < -0.4 is 16.0 Å². The lowest BCUT2D eigenvalue weighted by molar-refractivity contribution is 0.0972. The summed E-state index contributed by atoms with van der Waals surface area (Å²) in [6.07, 6.45) is 3.20. The minimum Gasteiger partial charge on any atom is -0.366 e. The Kier molecular flexibility index (Phi) is 6.70. The number of nitrogens with two attached hydrogens (primary N) is 1. The summed E-state index contributed by atoms with van der Waals surface area (Å²) in [7, 11) is -1.67. The molecule has 2 aromatic heterocycles. The molecule has 8 nitrogen and oxygen atoms in total. The molecule has 2 amide bonds. The van der Waals surface area contributed by atoms with Crippen molar-refractivity contribution in [2.24, 2.45) is 5.73 Å². The van der Waals surface area contributed by atoms with Crippen molar-refractivity contribution in [2.75, 3.05) is 0 Å². The van der Waals surface area contributed by atoms with E-state index < -0.39 is 40.0 Å². The van der Waals surface area contributed by atoms with E-state index in [1.807, 2.05) is 0 Å². The first-order valence-electron chi connectivity index (χ1n) is 12.0. The van der Waals surface area contributed by atoms with Gasteiger partial charge in [0.15, 0.2) is 0 Å². The van der Waals surface area contributed by atoms with Crippen LogP contribution in [0.4, 0.5) is 8.78 Å². The highest BCUT2D eigenvalue weighted by Crippen LogP contribution is 2.36. The second-order valence-corrected chi connectivity index (χ2v) is 10.6. The number of benzene rings is 2. The Labute approximate surface area is 218 Å². The van der Waals surface area contributed by atoms with Gasteiger partial charge in [0.05, 0.1) is 17.3 Å². The Hall–Kier alpha value is -4.12. The standard InChI is InChI=1S/C27H24F2N4O4S/c1-2-14-11-19-22(12-21(14)29)33(13-16-10-15(25(30)34)5-8-20(16)28)24(27(36)32-38(37)17-6-7-17)23(19)18-4-3-9-31-26(18)35/h3-5,8-12,17H,2,6-7,13H2,1H3,(H2,30,34)(H,31,35)(H,32,36). The van der Waals surface area contributed by atoms with Gasteiger partial charge in [-0.05, 0) is 67.3 Å². The zero-order valence-corrected chi connectivity index (χ0v) is 21.2. The summed E-state index contributed by atoms with van der Waals surface area (Å²) in [5, 5.41) is 0.225. The maximum Gasteiger partial charge on any atom is 0.280 e. The molecule has 0 bridgehead atoms. The van der Waals surface area contributed by atoms with Crippen LogP contribution in [0.1, 0.15) is 51.7 Å². The second-order valence-electron chi connectivity index (χ2n) is 9.14. The molecule has 1 fully saturated rings. The fourth-order valence-corrected chi connectivity index (χ4v) is 5.51. The molecule has 1 aliphatic rings. The normalized spacial score (nSPS) is 14.0. The van der Waals surface area contributed by atoms with Crippen LogP contribution in [0, 0.1) is 11.6 Å². The van der Waals surface area contributed by atoms with E-state index in [9.17, 15) is 23.0 Å². The smallest absolute Gasteiger partial charge is 0.280 e. The van der Waals surface area contributed by atoms with Gasteiger partial charge >= 0.3 is 0 Å². The lowest BCUT2D eigenvalue weighted by atomic mass is 10.0. The van der Waals surface area contributed by atoms with E-state index in [4.69, 9.17) is 5.73 Å². The van der Waals surface area contributed by atoms with E-state index in [-0.39, 0.29) is 45.3 Å². The number of carbonyl (C=O) groups excluding carboxylic acids is 2. The van der Waals surface area contributed by atoms with Gasteiger partial charge in [0.25, 0.3) is 11.5 Å². The lowest BCUT2D eigenvalue weighted by Gasteiger charge is -2.14. The molecule has 4 aromatic rings. The van der Waals surface area contributed by atoms with Crippen LogP contribution in [-0.2, 0) is 24.0 Å². The topological polar surface area (TPSA) is 127 Å². The Morgan fingerprint density at radius 1 is 1.13 bits per heavy atom. The van der Waals surface area contributed by atoms with Crippen molar-refractivity contribution >= 4 is 33.7 Å². The number of hydrogen-bond acceptors (Lipinski definition) is 4. The molecule has 38 heavy (non-hydrogen) atoms. The number of halogens is 2. The van der Waals surface area contributed by atoms with Gasteiger partial charge in [-0.2, -0.15) is 0 Å². The van der Waals surface area contributed by atoms with E-state index >= 15 is 4.39 Å². The number of pyridine rings is 1. The Morgan fingerprint density at radius 2 is 1.89 bits per heavy atom. The minimum atomic E-state index is -1.67. The average Bonchev–Trinajstić information content (AvgIpc) is 3.69. The molecule has 0 radical (unpaired) electrons. The first-order valence-corrected chi connectivity index (χ1v) is 13.2. The molecular weight excluding hydrogens is 514 g/mol. The number of aromatic amines is 1. The van der Waals surface area contributed by atoms with Crippen LogP contribution in [0.5, 0.6) is 0 Å². The van der Waals surface area contributed by atoms with Crippen molar-refractivity contribution in [3.8, 4) is 11.1 Å². The van der Waals surface area contributed by atoms with Gasteiger partial charge in [-0.3, -0.25) is 19.1 Å². The van der Waals surface area contributed by atoms with E-state index in [1.165, 1.54) is 35.0 Å². The maximum absolute atomic E-state index is 15.1. The zero-order chi connectivity index (χ0) is 27.1. The molecule has 2 aromatic carbocycles. The highest BCUT2D eigenvalue weighted by molar-refractivity contribution is 7.84. The third kappa shape index (κ3) is 4.65. The lowest BCUT2D eigenvalue weighted by Crippen LogP contribution is -2.30. The molecule has 4 N–H and O–H groups in total. The number of aromatic nitrogens is 2. The predicted molar refractivity (Wildman–Crippen MR) is 140 cm³/mol. The summed E-state index contributed by atoms with van der Waals surface area (Å²) >= 11 is 0. The first kappa shape index (κ1) is 25.5. The van der Waals surface area contributed by atoms with Gasteiger partial charge in [-0.25, -0.2) is 13.0 Å². The third-order valence-corrected chi connectivity index (χ3v) is 8.06. The molecule has 0 saturated heterocycles. The molecule has 11 heteroatoms. The molecule has 1 unspecified atom stereocenters. The SMILES string of the molecule is CCc1cc2c(-c3ccc[nH]c3=O)c(C(=O)NS(=O)C3CC3)n(Cc3cc(C(N)=O)ccc3F)c2cc1F. The molecule has 0 aliphatic heterocycles. The molecule has 0 spiro atoms. The van der Waals surface area contributed by atoms with Gasteiger partial charge in [0.2, 0.25) is 5.91 Å². The van der Waals surface area contributed by atoms with Crippen LogP contribution in [0.25, 0.3) is 22.0 Å². The van der Waals surface area contributed by atoms with Crippen LogP contribution in [0.15, 0.2) is 53.5 Å². The minimum absolute atomic E-state index is 0.0177. The maximum atomic E-state index is 15.1. The number of nitrogens with zero attached hydrogens (tertiary/aromatic N) is 1. The van der Waals surface area contributed by atoms with Gasteiger partial charge in [-0.1, -0.05) is 6.92 Å². The van der Waals surface area contributed by atoms with Gasteiger partial charge in [0, 0.05) is 33.8 Å². The summed E-state index contributed by atoms with van der Waals surface area (Å²) in [5.74, 6) is -2.73. The fourth-order valence-electron chi connectivity index (χ4n) is 4.50. The van der Waals surface area contributed by atoms with Crippen LogP contribution in [0.3, 0.4) is 0 Å². The number of primary amides is 1. The van der Waals surface area contributed by atoms with Crippen LogP contribution in [-0.4, -0.2) is 30.8 Å². The monoisotopic (exact) mass is 538 g/mol. The van der Waals surface area contributed by atoms with Gasteiger partial charge in [0.1, 0.15) is 28.3 Å². The molecule has 2 heterocycles. The summed E-state index contributed by atoms with van der Waals surface area (Å²) in [6.45, 7) is 1.48. The summed E-state index contributed by atoms with van der Waals surface area (Å²) < 4.78 is 46.5. The zero-order valence-electron chi connectivity index (χ0n) is 20.3. The first-order chi connectivity index (χ1) is 18.2. The van der Waals surface area contributed by atoms with E-state index in [0.717, 1.165) is 6.07 Å². The van der Waals surface area contributed by atoms with Crippen molar-refractivity contribution < 1.29 is 22.6 Å². The van der Waals surface area contributed by atoms with E-state index in [1.54, 1.807) is 19.1 Å². The number of rotatable bonds is 8. The summed E-state index contributed by atoms with van der Waals surface area (Å²) in [6, 6.07) is 9.50. The fraction of sp³-hybridized carbons (Fsp3) is 0.222. The molecule has 1 aliphatic carbocycles. The molecule has 1 atom stereocenters. The highest BCUT2D eigenvalue weighted by atomic mass is 32.2. The number of hydrogen-bond donors (Lipinski definition) is 3. The Morgan fingerprint density at radius 3 is 2.55 bits per heavy atom. The number of nitrogens with one attached hydrogen (secondary N) is 2. The van der Waals surface area contributed by atoms with Gasteiger partial charge in [-0.15, -0.1) is 0 Å². The predicted octanol–water partition coefficient (Wildman–Crippen LogP) is 3.54. The Balaban J connectivity index is 1.82. The quantitative estimate of drug-likeness (QED) is 0.317. The number of fused-ring (bicyclic) bond motifs is 1. The molecule has 1 saturated carbocycles. The second kappa shape index (κ2) is 9.97. The summed E-state index contributed by atoms with van der Waals surface area (Å²) in [5.41, 5.74) is 5.80.